The van der Waals surface area contributed by atoms with Crippen molar-refractivity contribution in [2.45, 2.75) is 13.8 Å². The zero-order valence-corrected chi connectivity index (χ0v) is 12.2. The highest BCUT2D eigenvalue weighted by Crippen LogP contribution is 2.23. The third-order valence-corrected chi connectivity index (χ3v) is 3.18. The lowest BCUT2D eigenvalue weighted by atomic mass is 10.2. The van der Waals surface area contributed by atoms with Gasteiger partial charge in [0.1, 0.15) is 0 Å². The summed E-state index contributed by atoms with van der Waals surface area (Å²) < 4.78 is 1.33. The van der Waals surface area contributed by atoms with Crippen molar-refractivity contribution in [3.63, 3.8) is 0 Å². The highest BCUT2D eigenvalue weighted by molar-refractivity contribution is 6.32. The first kappa shape index (κ1) is 15.0. The fraction of sp³-hybridized carbons (Fsp3) is 0.231. The molecule has 2 N–H and O–H groups in total. The van der Waals surface area contributed by atoms with E-state index in [0.717, 1.165) is 0 Å². The first-order chi connectivity index (χ1) is 9.95. The fourth-order valence-corrected chi connectivity index (χ4v) is 2.10. The number of nitrogens with zero attached hydrogens (tertiary/aromatic N) is 3. The Bertz CT molecular complexity index is 711. The van der Waals surface area contributed by atoms with Gasteiger partial charge < -0.3 is 10.4 Å². The van der Waals surface area contributed by atoms with E-state index in [4.69, 9.17) is 16.7 Å². The first-order valence-corrected chi connectivity index (χ1v) is 6.57. The van der Waals surface area contributed by atoms with Crippen LogP contribution >= 0.6 is 11.6 Å². The van der Waals surface area contributed by atoms with Gasteiger partial charge in [-0.3, -0.25) is 4.79 Å². The summed E-state index contributed by atoms with van der Waals surface area (Å²) in [7, 11) is 0. The molecule has 0 atom stereocenters. The highest BCUT2D eigenvalue weighted by atomic mass is 35.5. The minimum atomic E-state index is -1.16. The van der Waals surface area contributed by atoms with Gasteiger partial charge in [-0.2, -0.15) is 0 Å². The van der Waals surface area contributed by atoms with Crippen LogP contribution in [0.3, 0.4) is 0 Å². The van der Waals surface area contributed by atoms with Crippen LogP contribution in [-0.4, -0.2) is 38.5 Å². The molecule has 7 nitrogen and oxygen atoms in total. The standard InChI is InChI=1S/C13H13ClN4O3/c1-3-15-12(19)8-4-5-10(9(14)6-8)18-7(2)11(13(20)21)16-17-18/h4-6H,3H2,1-2H3,(H,15,19)(H,20,21). The Morgan fingerprint density at radius 1 is 1.43 bits per heavy atom. The van der Waals surface area contributed by atoms with Crippen LogP contribution in [0.5, 0.6) is 0 Å². The number of carbonyl (C=O) groups is 2. The van der Waals surface area contributed by atoms with Gasteiger partial charge in [0.25, 0.3) is 5.91 Å². The summed E-state index contributed by atoms with van der Waals surface area (Å²) in [4.78, 5) is 22.7. The lowest BCUT2D eigenvalue weighted by molar-refractivity contribution is 0.0689. The number of carboxylic acid groups (broad SMARTS) is 1. The smallest absolute Gasteiger partial charge is 0.358 e. The lowest BCUT2D eigenvalue weighted by Gasteiger charge is -2.08. The second-order valence-electron chi connectivity index (χ2n) is 4.27. The minimum Gasteiger partial charge on any atom is -0.476 e. The van der Waals surface area contributed by atoms with Crippen LogP contribution in [-0.2, 0) is 0 Å². The van der Waals surface area contributed by atoms with Crippen molar-refractivity contribution in [3.05, 3.63) is 40.2 Å². The maximum Gasteiger partial charge on any atom is 0.358 e. The van der Waals surface area contributed by atoms with Crippen LogP contribution in [0.4, 0.5) is 0 Å². The maximum absolute atomic E-state index is 11.7. The summed E-state index contributed by atoms with van der Waals surface area (Å²) in [5.74, 6) is -1.39. The molecule has 110 valence electrons. The molecule has 0 aliphatic rings. The van der Waals surface area contributed by atoms with Crippen molar-refractivity contribution in [1.82, 2.24) is 20.3 Å². The lowest BCUT2D eigenvalue weighted by Crippen LogP contribution is -2.22. The number of carbonyl (C=O) groups excluding carboxylic acids is 1. The maximum atomic E-state index is 11.7. The Morgan fingerprint density at radius 3 is 2.67 bits per heavy atom. The summed E-state index contributed by atoms with van der Waals surface area (Å²) >= 11 is 6.15. The average Bonchev–Trinajstić information content (AvgIpc) is 2.81. The molecule has 0 spiro atoms. The topological polar surface area (TPSA) is 97.1 Å². The van der Waals surface area contributed by atoms with Crippen molar-refractivity contribution in [3.8, 4) is 5.69 Å². The van der Waals surface area contributed by atoms with Crippen LogP contribution in [0.15, 0.2) is 18.2 Å². The molecule has 1 amide bonds. The van der Waals surface area contributed by atoms with Gasteiger partial charge in [0.15, 0.2) is 5.69 Å². The molecule has 8 heteroatoms. The number of nitrogens with one attached hydrogen (secondary N) is 1. The molecule has 0 aliphatic heterocycles. The average molecular weight is 309 g/mol. The SMILES string of the molecule is CCNC(=O)c1ccc(-n2nnc(C(=O)O)c2C)c(Cl)c1. The number of aromatic nitrogens is 3. The Labute approximate surface area is 125 Å². The van der Waals surface area contributed by atoms with Crippen LogP contribution in [0.1, 0.15) is 33.5 Å². The molecule has 1 aromatic carbocycles. The van der Waals surface area contributed by atoms with Gasteiger partial charge in [-0.15, -0.1) is 5.10 Å². The van der Waals surface area contributed by atoms with Gasteiger partial charge >= 0.3 is 5.97 Å². The molecule has 0 bridgehead atoms. The van der Waals surface area contributed by atoms with Gasteiger partial charge in [-0.25, -0.2) is 9.48 Å². The minimum absolute atomic E-state index is 0.140. The number of amides is 1. The van der Waals surface area contributed by atoms with Crippen molar-refractivity contribution in [1.29, 1.82) is 0 Å². The first-order valence-electron chi connectivity index (χ1n) is 6.19. The van der Waals surface area contributed by atoms with Crippen LogP contribution in [0, 0.1) is 6.92 Å². The second-order valence-corrected chi connectivity index (χ2v) is 4.67. The summed E-state index contributed by atoms with van der Waals surface area (Å²) in [6.45, 7) is 3.92. The number of hydrogen-bond acceptors (Lipinski definition) is 4. The summed E-state index contributed by atoms with van der Waals surface area (Å²) in [5.41, 5.74) is 1.10. The van der Waals surface area contributed by atoms with E-state index in [-0.39, 0.29) is 16.6 Å². The Balaban J connectivity index is 2.42. The number of aromatic carboxylic acids is 1. The van der Waals surface area contributed by atoms with E-state index < -0.39 is 5.97 Å². The molecule has 0 unspecified atom stereocenters. The molecule has 0 saturated heterocycles. The van der Waals surface area contributed by atoms with Crippen molar-refractivity contribution in [2.24, 2.45) is 0 Å². The Kier molecular flexibility index (Phi) is 4.23. The molecule has 2 aromatic rings. The molecule has 1 heterocycles. The number of hydrogen-bond donors (Lipinski definition) is 2. The van der Waals surface area contributed by atoms with Crippen molar-refractivity contribution >= 4 is 23.5 Å². The molecule has 21 heavy (non-hydrogen) atoms. The molecule has 0 aliphatic carbocycles. The van der Waals surface area contributed by atoms with E-state index in [9.17, 15) is 9.59 Å². The monoisotopic (exact) mass is 308 g/mol. The van der Waals surface area contributed by atoms with E-state index in [1.165, 1.54) is 10.7 Å². The van der Waals surface area contributed by atoms with Crippen LogP contribution in [0.2, 0.25) is 5.02 Å². The van der Waals surface area contributed by atoms with E-state index in [1.54, 1.807) is 19.1 Å². The van der Waals surface area contributed by atoms with Crippen LogP contribution < -0.4 is 5.32 Å². The molecule has 0 radical (unpaired) electrons. The largest absolute Gasteiger partial charge is 0.476 e. The van der Waals surface area contributed by atoms with Gasteiger partial charge in [-0.05, 0) is 32.0 Å². The van der Waals surface area contributed by atoms with Gasteiger partial charge in [0.05, 0.1) is 16.4 Å². The Morgan fingerprint density at radius 2 is 2.14 bits per heavy atom. The quantitative estimate of drug-likeness (QED) is 0.895. The van der Waals surface area contributed by atoms with Crippen molar-refractivity contribution < 1.29 is 14.7 Å². The molecular formula is C13H13ClN4O3. The highest BCUT2D eigenvalue weighted by Gasteiger charge is 2.18. The number of benzene rings is 1. The normalized spacial score (nSPS) is 10.4. The third-order valence-electron chi connectivity index (χ3n) is 2.87. The summed E-state index contributed by atoms with van der Waals surface area (Å²) in [5, 5.41) is 19.3. The molecule has 2 rings (SSSR count). The van der Waals surface area contributed by atoms with Gasteiger partial charge in [0.2, 0.25) is 0 Å². The molecule has 1 aromatic heterocycles. The predicted molar refractivity (Wildman–Crippen MR) is 76.1 cm³/mol. The zero-order chi connectivity index (χ0) is 15.6. The fourth-order valence-electron chi connectivity index (χ4n) is 1.84. The van der Waals surface area contributed by atoms with Crippen molar-refractivity contribution in [2.75, 3.05) is 6.54 Å². The van der Waals surface area contributed by atoms with Gasteiger partial charge in [0, 0.05) is 12.1 Å². The molecule has 0 saturated carbocycles. The van der Waals surface area contributed by atoms with E-state index in [2.05, 4.69) is 15.6 Å². The molecule has 0 fully saturated rings. The van der Waals surface area contributed by atoms with E-state index >= 15 is 0 Å². The van der Waals surface area contributed by atoms with E-state index in [0.29, 0.717) is 23.5 Å². The van der Waals surface area contributed by atoms with E-state index in [1.807, 2.05) is 6.92 Å². The number of carboxylic acids is 1. The van der Waals surface area contributed by atoms with Crippen LogP contribution in [0.25, 0.3) is 5.69 Å². The Hall–Kier alpha value is -2.41. The zero-order valence-electron chi connectivity index (χ0n) is 11.4. The summed E-state index contributed by atoms with van der Waals surface area (Å²) in [6, 6.07) is 4.69. The predicted octanol–water partition coefficient (Wildman–Crippen LogP) is 1.68. The second kappa shape index (κ2) is 5.92. The number of halogens is 1. The van der Waals surface area contributed by atoms with Gasteiger partial charge in [-0.1, -0.05) is 16.8 Å². The number of rotatable bonds is 4. The third kappa shape index (κ3) is 2.87. The summed E-state index contributed by atoms with van der Waals surface area (Å²) in [6.07, 6.45) is 0. The molecular weight excluding hydrogens is 296 g/mol.